The molecule has 140 valence electrons. The first-order valence-corrected chi connectivity index (χ1v) is 9.43. The van der Waals surface area contributed by atoms with Crippen molar-refractivity contribution in [1.29, 1.82) is 0 Å². The molecule has 0 amide bonds. The molecule has 3 aromatic heterocycles. The summed E-state index contributed by atoms with van der Waals surface area (Å²) in [6, 6.07) is 8.13. The molecule has 1 N–H and O–H groups in total. The molecule has 0 unspecified atom stereocenters. The van der Waals surface area contributed by atoms with E-state index in [2.05, 4.69) is 35.8 Å². The first kappa shape index (κ1) is 17.6. The molecule has 0 spiro atoms. The van der Waals surface area contributed by atoms with Gasteiger partial charge in [-0.2, -0.15) is 0 Å². The van der Waals surface area contributed by atoms with E-state index in [1.807, 2.05) is 44.6 Å². The number of anilines is 2. The van der Waals surface area contributed by atoms with Crippen LogP contribution in [0.1, 0.15) is 42.6 Å². The van der Waals surface area contributed by atoms with Gasteiger partial charge in [-0.25, -0.2) is 19.9 Å². The second-order valence-corrected chi connectivity index (χ2v) is 7.00. The minimum Gasteiger partial charge on any atom is -0.337 e. The Morgan fingerprint density at radius 3 is 2.81 bits per heavy atom. The van der Waals surface area contributed by atoms with Gasteiger partial charge in [0.15, 0.2) is 0 Å². The Balaban J connectivity index is 1.59. The van der Waals surface area contributed by atoms with Crippen molar-refractivity contribution in [2.45, 2.75) is 38.8 Å². The van der Waals surface area contributed by atoms with Gasteiger partial charge >= 0.3 is 0 Å². The first-order chi connectivity index (χ1) is 13.2. The standard InChI is InChI=1S/C20H25N7/c1-15-23-16(13-19(24-15)25-18-8-3-5-9-21-18)17-7-4-6-11-27(17)14-20-22-10-12-26(20)2/h3,5,8-10,12-13,17H,4,6-7,11,14H2,1-2H3,(H,21,23,24,25)/t17-/m0/s1. The number of aromatic nitrogens is 5. The SMILES string of the molecule is Cc1nc(Nc2ccccn2)cc([C@@H]2CCCCN2Cc2nccn2C)n1. The molecular weight excluding hydrogens is 338 g/mol. The van der Waals surface area contributed by atoms with E-state index >= 15 is 0 Å². The van der Waals surface area contributed by atoms with Crippen LogP contribution in [-0.2, 0) is 13.6 Å². The molecule has 1 aliphatic heterocycles. The molecular formula is C20H25N7. The highest BCUT2D eigenvalue weighted by molar-refractivity contribution is 5.51. The molecule has 0 bridgehead atoms. The number of piperidine rings is 1. The highest BCUT2D eigenvalue weighted by Gasteiger charge is 2.26. The molecule has 1 fully saturated rings. The minimum atomic E-state index is 0.279. The number of aryl methyl sites for hydroxylation is 2. The Bertz CT molecular complexity index is 890. The smallest absolute Gasteiger partial charge is 0.135 e. The van der Waals surface area contributed by atoms with Crippen molar-refractivity contribution in [3.63, 3.8) is 0 Å². The van der Waals surface area contributed by atoms with Crippen molar-refractivity contribution in [2.24, 2.45) is 7.05 Å². The van der Waals surface area contributed by atoms with E-state index in [0.29, 0.717) is 0 Å². The zero-order valence-corrected chi connectivity index (χ0v) is 15.8. The Hall–Kier alpha value is -2.80. The fourth-order valence-corrected chi connectivity index (χ4v) is 3.64. The fourth-order valence-electron chi connectivity index (χ4n) is 3.64. The average Bonchev–Trinajstić information content (AvgIpc) is 3.07. The van der Waals surface area contributed by atoms with Crippen LogP contribution >= 0.6 is 0 Å². The lowest BCUT2D eigenvalue weighted by Gasteiger charge is -2.35. The van der Waals surface area contributed by atoms with Crippen LogP contribution in [0.25, 0.3) is 0 Å². The fraction of sp³-hybridized carbons (Fsp3) is 0.400. The van der Waals surface area contributed by atoms with Gasteiger partial charge in [0.2, 0.25) is 0 Å². The summed E-state index contributed by atoms with van der Waals surface area (Å²) in [5.41, 5.74) is 1.06. The van der Waals surface area contributed by atoms with Gasteiger partial charge in [0, 0.05) is 31.7 Å². The summed E-state index contributed by atoms with van der Waals surface area (Å²) in [6.45, 7) is 3.84. The van der Waals surface area contributed by atoms with Crippen molar-refractivity contribution >= 4 is 11.6 Å². The lowest BCUT2D eigenvalue weighted by atomic mass is 9.99. The van der Waals surface area contributed by atoms with Crippen LogP contribution in [0.15, 0.2) is 42.9 Å². The monoisotopic (exact) mass is 363 g/mol. The van der Waals surface area contributed by atoms with Crippen molar-refractivity contribution in [3.8, 4) is 0 Å². The number of hydrogen-bond acceptors (Lipinski definition) is 6. The number of nitrogens with one attached hydrogen (secondary N) is 1. The summed E-state index contributed by atoms with van der Waals surface area (Å²) in [5, 5.41) is 3.30. The normalized spacial score (nSPS) is 17.8. The predicted molar refractivity (Wildman–Crippen MR) is 104 cm³/mol. The Kier molecular flexibility index (Phi) is 5.11. The molecule has 0 aromatic carbocycles. The third-order valence-corrected chi connectivity index (χ3v) is 5.00. The molecule has 0 saturated carbocycles. The van der Waals surface area contributed by atoms with Gasteiger partial charge in [-0.05, 0) is 38.4 Å². The number of hydrogen-bond donors (Lipinski definition) is 1. The van der Waals surface area contributed by atoms with Crippen molar-refractivity contribution in [3.05, 3.63) is 60.2 Å². The van der Waals surface area contributed by atoms with Crippen LogP contribution in [0.2, 0.25) is 0 Å². The Morgan fingerprint density at radius 1 is 1.11 bits per heavy atom. The van der Waals surface area contributed by atoms with Crippen LogP contribution < -0.4 is 5.32 Å². The van der Waals surface area contributed by atoms with Gasteiger partial charge in [-0.15, -0.1) is 0 Å². The quantitative estimate of drug-likeness (QED) is 0.749. The molecule has 27 heavy (non-hydrogen) atoms. The van der Waals surface area contributed by atoms with E-state index in [1.165, 1.54) is 12.8 Å². The molecule has 0 aliphatic carbocycles. The van der Waals surface area contributed by atoms with Crippen molar-refractivity contribution in [1.82, 2.24) is 29.4 Å². The van der Waals surface area contributed by atoms with Crippen LogP contribution in [0, 0.1) is 6.92 Å². The largest absolute Gasteiger partial charge is 0.337 e. The molecule has 4 heterocycles. The summed E-state index contributed by atoms with van der Waals surface area (Å²) in [5.74, 6) is 3.43. The molecule has 1 aliphatic rings. The number of pyridine rings is 1. The summed E-state index contributed by atoms with van der Waals surface area (Å²) in [6.07, 6.45) is 9.16. The topological polar surface area (TPSA) is 71.8 Å². The van der Waals surface area contributed by atoms with Crippen molar-refractivity contribution < 1.29 is 0 Å². The molecule has 7 nitrogen and oxygen atoms in total. The Morgan fingerprint density at radius 2 is 2.04 bits per heavy atom. The molecule has 3 aromatic rings. The van der Waals surface area contributed by atoms with Gasteiger partial charge in [0.1, 0.15) is 23.3 Å². The van der Waals surface area contributed by atoms with Gasteiger partial charge in [-0.1, -0.05) is 12.5 Å². The molecule has 7 heteroatoms. The maximum absolute atomic E-state index is 4.76. The van der Waals surface area contributed by atoms with Gasteiger partial charge in [0.05, 0.1) is 18.3 Å². The van der Waals surface area contributed by atoms with Gasteiger partial charge < -0.3 is 9.88 Å². The third-order valence-electron chi connectivity index (χ3n) is 5.00. The lowest BCUT2D eigenvalue weighted by molar-refractivity contribution is 0.132. The number of imidazole rings is 1. The van der Waals surface area contributed by atoms with E-state index in [0.717, 1.165) is 48.5 Å². The first-order valence-electron chi connectivity index (χ1n) is 9.43. The summed E-state index contributed by atoms with van der Waals surface area (Å²) >= 11 is 0. The maximum Gasteiger partial charge on any atom is 0.135 e. The second kappa shape index (κ2) is 7.84. The predicted octanol–water partition coefficient (Wildman–Crippen LogP) is 3.38. The van der Waals surface area contributed by atoms with Gasteiger partial charge in [-0.3, -0.25) is 4.90 Å². The lowest BCUT2D eigenvalue weighted by Crippen LogP contribution is -2.34. The second-order valence-electron chi connectivity index (χ2n) is 7.00. The molecule has 1 atom stereocenters. The van der Waals surface area contributed by atoms with Gasteiger partial charge in [0.25, 0.3) is 0 Å². The van der Waals surface area contributed by atoms with Crippen LogP contribution in [0.5, 0.6) is 0 Å². The van der Waals surface area contributed by atoms with E-state index < -0.39 is 0 Å². The van der Waals surface area contributed by atoms with Crippen LogP contribution in [-0.4, -0.2) is 35.9 Å². The highest BCUT2D eigenvalue weighted by atomic mass is 15.2. The van der Waals surface area contributed by atoms with Crippen molar-refractivity contribution in [2.75, 3.05) is 11.9 Å². The molecule has 1 saturated heterocycles. The summed E-state index contributed by atoms with van der Waals surface area (Å²) in [7, 11) is 2.05. The average molecular weight is 363 g/mol. The highest BCUT2D eigenvalue weighted by Crippen LogP contribution is 2.32. The van der Waals surface area contributed by atoms with E-state index in [4.69, 9.17) is 4.98 Å². The minimum absolute atomic E-state index is 0.279. The van der Waals surface area contributed by atoms with Crippen LogP contribution in [0.4, 0.5) is 11.6 Å². The number of nitrogens with zero attached hydrogens (tertiary/aromatic N) is 6. The molecule has 4 rings (SSSR count). The summed E-state index contributed by atoms with van der Waals surface area (Å²) in [4.78, 5) is 20.6. The van der Waals surface area contributed by atoms with E-state index in [9.17, 15) is 0 Å². The summed E-state index contributed by atoms with van der Waals surface area (Å²) < 4.78 is 2.09. The third kappa shape index (κ3) is 4.14. The van der Waals surface area contributed by atoms with E-state index in [-0.39, 0.29) is 6.04 Å². The zero-order chi connectivity index (χ0) is 18.6. The molecule has 0 radical (unpaired) electrons. The number of rotatable bonds is 5. The number of likely N-dealkylation sites (tertiary alicyclic amines) is 1. The Labute approximate surface area is 159 Å². The van der Waals surface area contributed by atoms with Crippen LogP contribution in [0.3, 0.4) is 0 Å². The zero-order valence-electron chi connectivity index (χ0n) is 15.8. The maximum atomic E-state index is 4.76. The van der Waals surface area contributed by atoms with E-state index in [1.54, 1.807) is 6.20 Å².